The lowest BCUT2D eigenvalue weighted by Crippen LogP contribution is -2.32. The molecule has 0 aliphatic carbocycles. The van der Waals surface area contributed by atoms with Gasteiger partial charge in [-0.25, -0.2) is 4.90 Å². The molecule has 0 fully saturated rings. The second-order valence-electron chi connectivity index (χ2n) is 8.53. The molecule has 1 aliphatic heterocycles. The number of carbonyl (C=O) groups excluding carboxylic acids is 3. The number of carbonyl (C=O) groups is 3. The molecule has 0 atom stereocenters. The number of amides is 3. The Morgan fingerprint density at radius 1 is 0.865 bits per heavy atom. The van der Waals surface area contributed by atoms with Crippen LogP contribution >= 0.6 is 11.6 Å². The molecule has 37 heavy (non-hydrogen) atoms. The number of benzene rings is 3. The molecule has 1 aliphatic rings. The summed E-state index contributed by atoms with van der Waals surface area (Å²) in [6.07, 6.45) is 0. The highest BCUT2D eigenvalue weighted by Crippen LogP contribution is 2.38. The maximum Gasteiger partial charge on any atom is 0.283 e. The number of nitrogens with one attached hydrogen (secondary N) is 2. The number of aryl methyl sites for hydroxylation is 2. The van der Waals surface area contributed by atoms with Gasteiger partial charge in [0, 0.05) is 23.0 Å². The lowest BCUT2D eigenvalue weighted by Gasteiger charge is -2.19. The first-order valence-electron chi connectivity index (χ1n) is 11.4. The number of hydrogen-bond acceptors (Lipinski definition) is 6. The van der Waals surface area contributed by atoms with Crippen LogP contribution in [-0.4, -0.2) is 31.9 Å². The molecule has 0 radical (unpaired) electrons. The summed E-state index contributed by atoms with van der Waals surface area (Å²) in [7, 11) is 2.93. The average Bonchev–Trinajstić information content (AvgIpc) is 3.10. The fourth-order valence-corrected chi connectivity index (χ4v) is 4.13. The number of hydrogen-bond donors (Lipinski definition) is 2. The predicted molar refractivity (Wildman–Crippen MR) is 144 cm³/mol. The first-order chi connectivity index (χ1) is 17.7. The van der Waals surface area contributed by atoms with Crippen LogP contribution in [0.1, 0.15) is 27.0 Å². The summed E-state index contributed by atoms with van der Waals surface area (Å²) in [4.78, 5) is 40.2. The molecule has 0 bridgehead atoms. The Morgan fingerprint density at radius 2 is 1.62 bits per heavy atom. The van der Waals surface area contributed by atoms with E-state index in [2.05, 4.69) is 10.6 Å². The third-order valence-corrected chi connectivity index (χ3v) is 6.62. The first kappa shape index (κ1) is 25.8. The van der Waals surface area contributed by atoms with Crippen LogP contribution in [0.25, 0.3) is 0 Å². The SMILES string of the molecule is COc1ccc(N2C(=O)C(Cl)=C(Nc3cc(C(=O)Nc4cccc(C)c4C)ccc3C)C2=O)c(OC)c1. The summed E-state index contributed by atoms with van der Waals surface area (Å²) in [5.74, 6) is -0.880. The summed E-state index contributed by atoms with van der Waals surface area (Å²) in [6.45, 7) is 5.73. The molecule has 9 heteroatoms. The van der Waals surface area contributed by atoms with Crippen molar-refractivity contribution in [3.63, 3.8) is 0 Å². The van der Waals surface area contributed by atoms with Crippen molar-refractivity contribution >= 4 is 46.4 Å². The monoisotopic (exact) mass is 519 g/mol. The molecular weight excluding hydrogens is 494 g/mol. The van der Waals surface area contributed by atoms with Gasteiger partial charge in [-0.2, -0.15) is 0 Å². The third kappa shape index (κ3) is 4.88. The van der Waals surface area contributed by atoms with E-state index < -0.39 is 11.8 Å². The van der Waals surface area contributed by atoms with Crippen molar-refractivity contribution in [2.75, 3.05) is 29.8 Å². The zero-order valence-corrected chi connectivity index (χ0v) is 21.8. The number of rotatable bonds is 7. The Bertz CT molecular complexity index is 1460. The van der Waals surface area contributed by atoms with Crippen molar-refractivity contribution in [1.82, 2.24) is 0 Å². The quantitative estimate of drug-likeness (QED) is 0.410. The van der Waals surface area contributed by atoms with Crippen LogP contribution in [0.15, 0.2) is 65.3 Å². The van der Waals surface area contributed by atoms with E-state index in [1.54, 1.807) is 36.4 Å². The zero-order valence-electron chi connectivity index (χ0n) is 21.1. The maximum atomic E-state index is 13.3. The highest BCUT2D eigenvalue weighted by Gasteiger charge is 2.40. The van der Waals surface area contributed by atoms with Gasteiger partial charge in [-0.1, -0.05) is 29.8 Å². The van der Waals surface area contributed by atoms with Gasteiger partial charge >= 0.3 is 0 Å². The first-order valence-corrected chi connectivity index (χ1v) is 11.8. The van der Waals surface area contributed by atoms with Crippen molar-refractivity contribution in [1.29, 1.82) is 0 Å². The summed E-state index contributed by atoms with van der Waals surface area (Å²) < 4.78 is 10.6. The maximum absolute atomic E-state index is 13.3. The minimum absolute atomic E-state index is 0.0975. The van der Waals surface area contributed by atoms with Crippen molar-refractivity contribution in [3.05, 3.63) is 87.6 Å². The summed E-state index contributed by atoms with van der Waals surface area (Å²) in [5, 5.41) is 5.62. The van der Waals surface area contributed by atoms with Gasteiger partial charge in [0.2, 0.25) is 0 Å². The second kappa shape index (κ2) is 10.4. The van der Waals surface area contributed by atoms with Crippen molar-refractivity contribution < 1.29 is 23.9 Å². The van der Waals surface area contributed by atoms with Gasteiger partial charge in [0.25, 0.3) is 17.7 Å². The molecule has 0 aromatic heterocycles. The van der Waals surface area contributed by atoms with Gasteiger partial charge in [-0.3, -0.25) is 14.4 Å². The fraction of sp³-hybridized carbons (Fsp3) is 0.179. The number of nitrogens with zero attached hydrogens (tertiary/aromatic N) is 1. The van der Waals surface area contributed by atoms with E-state index in [9.17, 15) is 14.4 Å². The molecule has 3 amide bonds. The summed E-state index contributed by atoms with van der Waals surface area (Å²) in [6, 6.07) is 15.5. The smallest absolute Gasteiger partial charge is 0.283 e. The van der Waals surface area contributed by atoms with Crippen molar-refractivity contribution in [3.8, 4) is 11.5 Å². The molecule has 3 aromatic rings. The van der Waals surface area contributed by atoms with E-state index in [1.165, 1.54) is 14.2 Å². The Kier molecular flexibility index (Phi) is 7.22. The molecule has 1 heterocycles. The molecule has 0 spiro atoms. The van der Waals surface area contributed by atoms with Crippen molar-refractivity contribution in [2.45, 2.75) is 20.8 Å². The van der Waals surface area contributed by atoms with E-state index in [0.717, 1.165) is 21.6 Å². The van der Waals surface area contributed by atoms with Gasteiger partial charge in [0.1, 0.15) is 22.2 Å². The Labute approximate surface area is 219 Å². The largest absolute Gasteiger partial charge is 0.497 e. The minimum Gasteiger partial charge on any atom is -0.497 e. The molecule has 0 saturated carbocycles. The summed E-state index contributed by atoms with van der Waals surface area (Å²) >= 11 is 6.33. The topological polar surface area (TPSA) is 97.0 Å². The Morgan fingerprint density at radius 3 is 2.32 bits per heavy atom. The fourth-order valence-electron chi connectivity index (χ4n) is 3.91. The molecule has 3 aromatic carbocycles. The van der Waals surface area contributed by atoms with Gasteiger partial charge in [-0.15, -0.1) is 0 Å². The third-order valence-electron chi connectivity index (χ3n) is 6.27. The summed E-state index contributed by atoms with van der Waals surface area (Å²) in [5.41, 5.74) is 4.47. The van der Waals surface area contributed by atoms with E-state index in [0.29, 0.717) is 22.7 Å². The second-order valence-corrected chi connectivity index (χ2v) is 8.91. The average molecular weight is 520 g/mol. The highest BCUT2D eigenvalue weighted by atomic mass is 35.5. The lowest BCUT2D eigenvalue weighted by molar-refractivity contribution is -0.120. The highest BCUT2D eigenvalue weighted by molar-refractivity contribution is 6.53. The van der Waals surface area contributed by atoms with Gasteiger partial charge < -0.3 is 20.1 Å². The zero-order chi connectivity index (χ0) is 26.9. The molecule has 0 saturated heterocycles. The number of methoxy groups -OCH3 is 2. The van der Waals surface area contributed by atoms with Crippen LogP contribution in [0.4, 0.5) is 17.1 Å². The number of anilines is 3. The lowest BCUT2D eigenvalue weighted by atomic mass is 10.1. The Hall–Kier alpha value is -4.30. The van der Waals surface area contributed by atoms with Crippen LogP contribution < -0.4 is 25.0 Å². The van der Waals surface area contributed by atoms with E-state index in [1.807, 2.05) is 39.0 Å². The Balaban J connectivity index is 1.61. The number of ether oxygens (including phenoxy) is 2. The van der Waals surface area contributed by atoms with Crippen LogP contribution in [0.2, 0.25) is 0 Å². The van der Waals surface area contributed by atoms with E-state index >= 15 is 0 Å². The van der Waals surface area contributed by atoms with Crippen LogP contribution in [0, 0.1) is 20.8 Å². The van der Waals surface area contributed by atoms with Gasteiger partial charge in [0.15, 0.2) is 0 Å². The molecule has 190 valence electrons. The van der Waals surface area contributed by atoms with Crippen molar-refractivity contribution in [2.24, 2.45) is 0 Å². The predicted octanol–water partition coefficient (Wildman–Crippen LogP) is 5.32. The molecular formula is C28H26ClN3O5. The normalized spacial score (nSPS) is 13.2. The molecule has 8 nitrogen and oxygen atoms in total. The van der Waals surface area contributed by atoms with Crippen LogP contribution in [0.3, 0.4) is 0 Å². The van der Waals surface area contributed by atoms with E-state index in [4.69, 9.17) is 21.1 Å². The number of halogens is 1. The molecule has 4 rings (SSSR count). The number of imide groups is 1. The van der Waals surface area contributed by atoms with Crippen LogP contribution in [-0.2, 0) is 9.59 Å². The molecule has 0 unspecified atom stereocenters. The molecule has 2 N–H and O–H groups in total. The van der Waals surface area contributed by atoms with Gasteiger partial charge in [-0.05, 0) is 67.8 Å². The van der Waals surface area contributed by atoms with Gasteiger partial charge in [0.05, 0.1) is 19.9 Å². The van der Waals surface area contributed by atoms with Crippen LogP contribution in [0.5, 0.6) is 11.5 Å². The minimum atomic E-state index is -0.695. The van der Waals surface area contributed by atoms with E-state index in [-0.39, 0.29) is 28.1 Å². The standard InChI is InChI=1S/C28H26ClN3O5/c1-15-7-6-8-20(17(15)3)31-26(33)18-10-9-16(2)21(13-18)30-25-24(29)27(34)32(28(25)35)22-12-11-19(36-4)14-23(22)37-5/h6-14,30H,1-5H3,(H,31,33).